The molecule has 2 amide bonds. The number of hydrogen-bond acceptors (Lipinski definition) is 4. The van der Waals surface area contributed by atoms with Gasteiger partial charge in [-0.05, 0) is 18.8 Å². The number of hydrogen-bond donors (Lipinski definition) is 4. The van der Waals surface area contributed by atoms with Gasteiger partial charge in [-0.25, -0.2) is 14.6 Å². The van der Waals surface area contributed by atoms with Crippen LogP contribution in [0.3, 0.4) is 0 Å². The third-order valence-corrected chi connectivity index (χ3v) is 2.53. The summed E-state index contributed by atoms with van der Waals surface area (Å²) in [6, 6.07) is -1.31. The number of carboxylic acids is 1. The van der Waals surface area contributed by atoms with E-state index in [1.54, 1.807) is 0 Å². The van der Waals surface area contributed by atoms with E-state index in [1.807, 2.05) is 0 Å². The topological polar surface area (TPSA) is 120 Å². The normalized spacial score (nSPS) is 16.2. The molecule has 4 N–H and O–H groups in total. The molecule has 8 nitrogen and oxygen atoms in total. The summed E-state index contributed by atoms with van der Waals surface area (Å²) in [5, 5.41) is 20.1. The van der Waals surface area contributed by atoms with Crippen LogP contribution in [0.4, 0.5) is 4.79 Å². The zero-order valence-electron chi connectivity index (χ0n) is 9.01. The van der Waals surface area contributed by atoms with Crippen LogP contribution in [0, 0.1) is 5.92 Å². The lowest BCUT2D eigenvalue weighted by Gasteiger charge is -2.13. The van der Waals surface area contributed by atoms with E-state index < -0.39 is 18.0 Å². The number of aliphatic carboxylic acids is 1. The largest absolute Gasteiger partial charge is 0.480 e. The molecule has 1 heterocycles. The lowest BCUT2D eigenvalue weighted by Crippen LogP contribution is -2.47. The molecule has 1 saturated carbocycles. The van der Waals surface area contributed by atoms with Gasteiger partial charge in [0, 0.05) is 0 Å². The summed E-state index contributed by atoms with van der Waals surface area (Å²) in [6.45, 7) is 0.183. The first-order valence-electron chi connectivity index (χ1n) is 5.28. The predicted octanol–water partition coefficient (Wildman–Crippen LogP) is -0.533. The Kier molecular flexibility index (Phi) is 3.22. The number of urea groups is 1. The van der Waals surface area contributed by atoms with Gasteiger partial charge in [-0.1, -0.05) is 0 Å². The van der Waals surface area contributed by atoms with Crippen molar-refractivity contribution >= 4 is 12.0 Å². The molecule has 92 valence electrons. The van der Waals surface area contributed by atoms with Crippen LogP contribution < -0.4 is 10.6 Å². The number of carboxylic acid groups (broad SMARTS) is 1. The molecule has 1 unspecified atom stereocenters. The van der Waals surface area contributed by atoms with Crippen molar-refractivity contribution in [3.63, 3.8) is 0 Å². The average molecular weight is 239 g/mol. The first-order valence-corrected chi connectivity index (χ1v) is 5.28. The lowest BCUT2D eigenvalue weighted by molar-refractivity contribution is -0.139. The van der Waals surface area contributed by atoms with E-state index >= 15 is 0 Å². The van der Waals surface area contributed by atoms with Crippen LogP contribution in [0.2, 0.25) is 0 Å². The van der Waals surface area contributed by atoms with Gasteiger partial charge in [0.05, 0.1) is 6.54 Å². The molecule has 1 aliphatic carbocycles. The van der Waals surface area contributed by atoms with Crippen LogP contribution in [-0.4, -0.2) is 38.3 Å². The molecule has 0 saturated heterocycles. The highest BCUT2D eigenvalue weighted by molar-refractivity contribution is 5.82. The minimum Gasteiger partial charge on any atom is -0.480 e. The van der Waals surface area contributed by atoms with Crippen LogP contribution in [0.25, 0.3) is 0 Å². The summed E-state index contributed by atoms with van der Waals surface area (Å²) in [5.41, 5.74) is 0. The highest BCUT2D eigenvalue weighted by Crippen LogP contribution is 2.32. The van der Waals surface area contributed by atoms with Crippen molar-refractivity contribution in [3.8, 4) is 0 Å². The molecule has 0 spiro atoms. The molecule has 1 aromatic heterocycles. The Morgan fingerprint density at radius 3 is 2.88 bits per heavy atom. The number of aromatic amines is 1. The molecule has 0 radical (unpaired) electrons. The van der Waals surface area contributed by atoms with Gasteiger partial charge in [-0.3, -0.25) is 5.10 Å². The highest BCUT2D eigenvalue weighted by Gasteiger charge is 2.37. The van der Waals surface area contributed by atoms with E-state index in [4.69, 9.17) is 5.11 Å². The zero-order chi connectivity index (χ0) is 12.3. The molecule has 1 aromatic rings. The van der Waals surface area contributed by atoms with Crippen molar-refractivity contribution in [2.45, 2.75) is 25.4 Å². The first-order chi connectivity index (χ1) is 8.16. The van der Waals surface area contributed by atoms with Gasteiger partial charge in [0.25, 0.3) is 0 Å². The second-order valence-corrected chi connectivity index (χ2v) is 3.91. The molecule has 0 bridgehead atoms. The van der Waals surface area contributed by atoms with E-state index in [9.17, 15) is 9.59 Å². The van der Waals surface area contributed by atoms with Crippen LogP contribution in [-0.2, 0) is 11.3 Å². The summed E-state index contributed by atoms with van der Waals surface area (Å²) in [7, 11) is 0. The third-order valence-electron chi connectivity index (χ3n) is 2.53. The summed E-state index contributed by atoms with van der Waals surface area (Å²) in [5.74, 6) is -0.427. The lowest BCUT2D eigenvalue weighted by atomic mass is 10.2. The maximum Gasteiger partial charge on any atom is 0.326 e. The van der Waals surface area contributed by atoms with E-state index in [0.717, 1.165) is 12.8 Å². The predicted molar refractivity (Wildman–Crippen MR) is 55.9 cm³/mol. The summed E-state index contributed by atoms with van der Waals surface area (Å²) in [6.07, 6.45) is 3.03. The van der Waals surface area contributed by atoms with Gasteiger partial charge >= 0.3 is 12.0 Å². The molecule has 1 aliphatic rings. The number of carbonyl (C=O) groups excluding carboxylic acids is 1. The summed E-state index contributed by atoms with van der Waals surface area (Å²) in [4.78, 5) is 26.1. The maximum atomic E-state index is 11.4. The molecule has 17 heavy (non-hydrogen) atoms. The number of nitrogens with zero attached hydrogens (tertiary/aromatic N) is 2. The maximum absolute atomic E-state index is 11.4. The standard InChI is InChI=1S/C9H13N5O3/c15-8(16)7(5-1-2-5)13-9(17)10-3-6-11-4-12-14-6/h4-5,7H,1-3H2,(H,15,16)(H2,10,13,17)(H,11,12,14). The van der Waals surface area contributed by atoms with Crippen molar-refractivity contribution in [3.05, 3.63) is 12.2 Å². The van der Waals surface area contributed by atoms with E-state index in [2.05, 4.69) is 25.8 Å². The minimum absolute atomic E-state index is 0.0588. The molecule has 1 fully saturated rings. The molecule has 0 aromatic carbocycles. The second kappa shape index (κ2) is 4.81. The number of carbonyl (C=O) groups is 2. The van der Waals surface area contributed by atoms with Crippen molar-refractivity contribution < 1.29 is 14.7 Å². The Labute approximate surface area is 96.8 Å². The third kappa shape index (κ3) is 3.16. The molecule has 0 aliphatic heterocycles. The van der Waals surface area contributed by atoms with E-state index in [1.165, 1.54) is 6.33 Å². The number of nitrogens with one attached hydrogen (secondary N) is 3. The van der Waals surface area contributed by atoms with E-state index in [-0.39, 0.29) is 12.5 Å². The Morgan fingerprint density at radius 1 is 1.59 bits per heavy atom. The monoisotopic (exact) mass is 239 g/mol. The van der Waals surface area contributed by atoms with Crippen LogP contribution >= 0.6 is 0 Å². The highest BCUT2D eigenvalue weighted by atomic mass is 16.4. The first kappa shape index (κ1) is 11.4. The smallest absolute Gasteiger partial charge is 0.326 e. The summed E-state index contributed by atoms with van der Waals surface area (Å²) >= 11 is 0. The minimum atomic E-state index is -0.998. The molecule has 2 rings (SSSR count). The average Bonchev–Trinajstić information content (AvgIpc) is 2.99. The second-order valence-electron chi connectivity index (χ2n) is 3.91. The van der Waals surface area contributed by atoms with Crippen molar-refractivity contribution in [2.24, 2.45) is 5.92 Å². The fraction of sp³-hybridized carbons (Fsp3) is 0.556. The zero-order valence-corrected chi connectivity index (χ0v) is 9.01. The Bertz CT molecular complexity index is 401. The Hall–Kier alpha value is -2.12. The van der Waals surface area contributed by atoms with E-state index in [0.29, 0.717) is 5.82 Å². The number of aromatic nitrogens is 3. The molecular weight excluding hydrogens is 226 g/mol. The van der Waals surface area contributed by atoms with Gasteiger partial charge in [0.2, 0.25) is 0 Å². The fourth-order valence-corrected chi connectivity index (χ4v) is 1.48. The van der Waals surface area contributed by atoms with Gasteiger partial charge in [0.15, 0.2) is 0 Å². The Morgan fingerprint density at radius 2 is 2.35 bits per heavy atom. The van der Waals surface area contributed by atoms with Gasteiger partial charge in [-0.15, -0.1) is 0 Å². The summed E-state index contributed by atoms with van der Waals surface area (Å²) < 4.78 is 0. The van der Waals surface area contributed by atoms with Gasteiger partial charge in [-0.2, -0.15) is 5.10 Å². The molecular formula is C9H13N5O3. The molecule has 8 heteroatoms. The van der Waals surface area contributed by atoms with Crippen LogP contribution in [0.15, 0.2) is 6.33 Å². The van der Waals surface area contributed by atoms with Crippen molar-refractivity contribution in [1.29, 1.82) is 0 Å². The fourth-order valence-electron chi connectivity index (χ4n) is 1.48. The Balaban J connectivity index is 1.77. The quantitative estimate of drug-likeness (QED) is 0.550. The number of rotatable bonds is 5. The van der Waals surface area contributed by atoms with Crippen LogP contribution in [0.5, 0.6) is 0 Å². The van der Waals surface area contributed by atoms with Gasteiger partial charge < -0.3 is 15.7 Å². The molecule has 1 atom stereocenters. The number of amides is 2. The number of H-pyrrole nitrogens is 1. The van der Waals surface area contributed by atoms with Gasteiger partial charge in [0.1, 0.15) is 18.2 Å². The SMILES string of the molecule is O=C(NCc1ncn[nH]1)NC(C(=O)O)C1CC1. The van der Waals surface area contributed by atoms with Crippen molar-refractivity contribution in [2.75, 3.05) is 0 Å². The van der Waals surface area contributed by atoms with Crippen LogP contribution in [0.1, 0.15) is 18.7 Å². The van der Waals surface area contributed by atoms with Crippen molar-refractivity contribution in [1.82, 2.24) is 25.8 Å².